The quantitative estimate of drug-likeness (QED) is 0.723. The SMILES string of the molecule is O=C(O)CN(c1ccc2nnnn2n1)C1CCS(=O)(=O)C1. The first-order valence-corrected chi connectivity index (χ1v) is 8.01. The Labute approximate surface area is 119 Å². The van der Waals surface area contributed by atoms with Crippen molar-refractivity contribution >= 4 is 27.3 Å². The second-order valence-electron chi connectivity index (χ2n) is 4.80. The van der Waals surface area contributed by atoms with Crippen LogP contribution in [0.15, 0.2) is 12.1 Å². The number of sulfone groups is 1. The molecule has 112 valence electrons. The number of carbonyl (C=O) groups is 1. The van der Waals surface area contributed by atoms with Crippen LogP contribution in [-0.4, -0.2) is 68.8 Å². The fourth-order valence-corrected chi connectivity index (χ4v) is 4.09. The summed E-state index contributed by atoms with van der Waals surface area (Å²) < 4.78 is 24.4. The van der Waals surface area contributed by atoms with E-state index < -0.39 is 21.8 Å². The zero-order valence-electron chi connectivity index (χ0n) is 10.8. The van der Waals surface area contributed by atoms with Gasteiger partial charge in [-0.1, -0.05) is 0 Å². The van der Waals surface area contributed by atoms with Crippen molar-refractivity contribution < 1.29 is 18.3 Å². The van der Waals surface area contributed by atoms with E-state index in [0.29, 0.717) is 17.9 Å². The van der Waals surface area contributed by atoms with Gasteiger partial charge in [-0.2, -0.15) is 0 Å². The Morgan fingerprint density at radius 3 is 2.95 bits per heavy atom. The summed E-state index contributed by atoms with van der Waals surface area (Å²) in [5, 5.41) is 24.0. The first-order valence-electron chi connectivity index (χ1n) is 6.19. The summed E-state index contributed by atoms with van der Waals surface area (Å²) in [6.45, 7) is -0.333. The smallest absolute Gasteiger partial charge is 0.323 e. The number of nitrogens with zero attached hydrogens (tertiary/aromatic N) is 6. The molecule has 1 N–H and O–H groups in total. The summed E-state index contributed by atoms with van der Waals surface area (Å²) in [4.78, 5) is 12.5. The fraction of sp³-hybridized carbons (Fsp3) is 0.500. The molecule has 0 saturated carbocycles. The third-order valence-electron chi connectivity index (χ3n) is 3.30. The predicted octanol–water partition coefficient (Wildman–Crippen LogP) is -1.40. The number of aromatic nitrogens is 5. The fourth-order valence-electron chi connectivity index (χ4n) is 2.36. The second kappa shape index (κ2) is 4.91. The van der Waals surface area contributed by atoms with E-state index >= 15 is 0 Å². The molecular weight excluding hydrogens is 300 g/mol. The molecule has 3 heterocycles. The third-order valence-corrected chi connectivity index (χ3v) is 5.05. The molecule has 0 spiro atoms. The minimum absolute atomic E-state index is 0.0565. The molecule has 0 aliphatic carbocycles. The van der Waals surface area contributed by atoms with E-state index in [4.69, 9.17) is 5.11 Å². The van der Waals surface area contributed by atoms with E-state index in [1.807, 2.05) is 0 Å². The lowest BCUT2D eigenvalue weighted by atomic mass is 10.2. The van der Waals surface area contributed by atoms with Crippen LogP contribution in [0.5, 0.6) is 0 Å². The molecule has 1 aliphatic heterocycles. The number of hydrogen-bond donors (Lipinski definition) is 1. The monoisotopic (exact) mass is 312 g/mol. The van der Waals surface area contributed by atoms with E-state index in [-0.39, 0.29) is 18.1 Å². The normalized spacial score (nSPS) is 20.7. The molecular formula is C10H12N6O4S. The van der Waals surface area contributed by atoms with Gasteiger partial charge < -0.3 is 10.0 Å². The van der Waals surface area contributed by atoms with Gasteiger partial charge in [0.2, 0.25) is 0 Å². The van der Waals surface area contributed by atoms with E-state index in [9.17, 15) is 13.2 Å². The van der Waals surface area contributed by atoms with Crippen LogP contribution < -0.4 is 4.90 Å². The summed E-state index contributed by atoms with van der Waals surface area (Å²) in [5.41, 5.74) is 0.424. The molecule has 2 aromatic rings. The average Bonchev–Trinajstić information content (AvgIpc) is 3.00. The van der Waals surface area contributed by atoms with Crippen LogP contribution in [0.1, 0.15) is 6.42 Å². The van der Waals surface area contributed by atoms with Crippen LogP contribution in [0.2, 0.25) is 0 Å². The number of hydrogen-bond acceptors (Lipinski definition) is 8. The largest absolute Gasteiger partial charge is 0.480 e. The molecule has 0 bridgehead atoms. The maximum atomic E-state index is 11.6. The van der Waals surface area contributed by atoms with Crippen LogP contribution in [0.25, 0.3) is 5.65 Å². The maximum Gasteiger partial charge on any atom is 0.323 e. The van der Waals surface area contributed by atoms with Crippen LogP contribution in [0.4, 0.5) is 5.82 Å². The van der Waals surface area contributed by atoms with Gasteiger partial charge in [-0.3, -0.25) is 4.79 Å². The van der Waals surface area contributed by atoms with Crippen molar-refractivity contribution in [2.75, 3.05) is 23.0 Å². The molecule has 1 fully saturated rings. The van der Waals surface area contributed by atoms with Gasteiger partial charge in [-0.15, -0.1) is 14.8 Å². The minimum Gasteiger partial charge on any atom is -0.480 e. The first-order chi connectivity index (χ1) is 9.94. The van der Waals surface area contributed by atoms with Crippen molar-refractivity contribution in [3.8, 4) is 0 Å². The second-order valence-corrected chi connectivity index (χ2v) is 7.03. The van der Waals surface area contributed by atoms with Crippen molar-refractivity contribution in [1.29, 1.82) is 0 Å². The summed E-state index contributed by atoms with van der Waals surface area (Å²) in [5.74, 6) is -0.742. The highest BCUT2D eigenvalue weighted by Gasteiger charge is 2.34. The molecule has 0 radical (unpaired) electrons. The van der Waals surface area contributed by atoms with Gasteiger partial charge in [-0.05, 0) is 29.0 Å². The summed E-state index contributed by atoms with van der Waals surface area (Å²) in [6.07, 6.45) is 0.380. The van der Waals surface area contributed by atoms with Gasteiger partial charge in [0.25, 0.3) is 0 Å². The summed E-state index contributed by atoms with van der Waals surface area (Å²) >= 11 is 0. The third kappa shape index (κ3) is 2.77. The molecule has 1 saturated heterocycles. The Bertz CT molecular complexity index is 788. The van der Waals surface area contributed by atoms with Crippen molar-refractivity contribution in [2.24, 2.45) is 0 Å². The van der Waals surface area contributed by atoms with Gasteiger partial charge in [0.1, 0.15) is 6.54 Å². The highest BCUT2D eigenvalue weighted by atomic mass is 32.2. The molecule has 0 amide bonds. The molecule has 2 aromatic heterocycles. The molecule has 0 aromatic carbocycles. The topological polar surface area (TPSA) is 131 Å². The maximum absolute atomic E-state index is 11.6. The Morgan fingerprint density at radius 2 is 2.29 bits per heavy atom. The zero-order valence-corrected chi connectivity index (χ0v) is 11.6. The molecule has 1 unspecified atom stereocenters. The highest BCUT2D eigenvalue weighted by molar-refractivity contribution is 7.91. The van der Waals surface area contributed by atoms with E-state index in [0.717, 1.165) is 0 Å². The lowest BCUT2D eigenvalue weighted by molar-refractivity contribution is -0.135. The molecule has 3 rings (SSSR count). The van der Waals surface area contributed by atoms with Crippen molar-refractivity contribution in [2.45, 2.75) is 12.5 Å². The van der Waals surface area contributed by atoms with Crippen LogP contribution in [0.3, 0.4) is 0 Å². The molecule has 11 heteroatoms. The van der Waals surface area contributed by atoms with E-state index in [1.54, 1.807) is 12.1 Å². The van der Waals surface area contributed by atoms with Crippen LogP contribution in [-0.2, 0) is 14.6 Å². The first kappa shape index (κ1) is 13.7. The molecule has 1 atom stereocenters. The molecule has 1 aliphatic rings. The lowest BCUT2D eigenvalue weighted by Gasteiger charge is -2.27. The average molecular weight is 312 g/mol. The Balaban J connectivity index is 1.96. The Kier molecular flexibility index (Phi) is 3.20. The van der Waals surface area contributed by atoms with E-state index in [1.165, 1.54) is 9.53 Å². The number of carboxylic acid groups (broad SMARTS) is 1. The van der Waals surface area contributed by atoms with Crippen LogP contribution in [0, 0.1) is 0 Å². The van der Waals surface area contributed by atoms with Gasteiger partial charge in [0, 0.05) is 6.04 Å². The standard InChI is InChI=1S/C10H12N6O4S/c17-10(18)5-15(7-3-4-21(19,20)6-7)9-2-1-8-11-13-14-16(8)12-9/h1-2,7H,3-6H2,(H,17,18). The van der Waals surface area contributed by atoms with Gasteiger partial charge >= 0.3 is 5.97 Å². The van der Waals surface area contributed by atoms with Gasteiger partial charge in [-0.25, -0.2) is 8.42 Å². The number of aliphatic carboxylic acids is 1. The molecule has 21 heavy (non-hydrogen) atoms. The number of carboxylic acids is 1. The van der Waals surface area contributed by atoms with Crippen molar-refractivity contribution in [3.05, 3.63) is 12.1 Å². The van der Waals surface area contributed by atoms with Gasteiger partial charge in [0.15, 0.2) is 21.3 Å². The zero-order chi connectivity index (χ0) is 15.0. The van der Waals surface area contributed by atoms with Crippen molar-refractivity contribution in [1.82, 2.24) is 25.3 Å². The minimum atomic E-state index is -3.13. The summed E-state index contributed by atoms with van der Waals surface area (Å²) in [7, 11) is -3.13. The van der Waals surface area contributed by atoms with Crippen molar-refractivity contribution in [3.63, 3.8) is 0 Å². The highest BCUT2D eigenvalue weighted by Crippen LogP contribution is 2.22. The Morgan fingerprint density at radius 1 is 1.48 bits per heavy atom. The number of anilines is 1. The van der Waals surface area contributed by atoms with E-state index in [2.05, 4.69) is 20.6 Å². The Hall–Kier alpha value is -2.30. The molecule has 10 nitrogen and oxygen atoms in total. The number of rotatable bonds is 4. The number of fused-ring (bicyclic) bond motifs is 1. The van der Waals surface area contributed by atoms with Gasteiger partial charge in [0.05, 0.1) is 11.5 Å². The summed E-state index contributed by atoms with van der Waals surface area (Å²) in [6, 6.07) is 2.77. The number of tetrazole rings is 1. The lowest BCUT2D eigenvalue weighted by Crippen LogP contribution is -2.40. The predicted molar refractivity (Wildman–Crippen MR) is 70.6 cm³/mol. The van der Waals surface area contributed by atoms with Crippen LogP contribution >= 0.6 is 0 Å².